The summed E-state index contributed by atoms with van der Waals surface area (Å²) in [5.74, 6) is -0.365. The van der Waals surface area contributed by atoms with Gasteiger partial charge in [0.05, 0.1) is 31.1 Å². The number of hydrogen-bond donors (Lipinski definition) is 1. The maximum atomic E-state index is 13.4. The van der Waals surface area contributed by atoms with E-state index in [9.17, 15) is 19.1 Å². The summed E-state index contributed by atoms with van der Waals surface area (Å²) >= 11 is 0. The third-order valence-corrected chi connectivity index (χ3v) is 7.17. The van der Waals surface area contributed by atoms with Crippen molar-refractivity contribution in [2.75, 3.05) is 32.8 Å². The van der Waals surface area contributed by atoms with Crippen LogP contribution in [-0.4, -0.2) is 84.8 Å². The fourth-order valence-corrected chi connectivity index (χ4v) is 5.23. The van der Waals surface area contributed by atoms with Gasteiger partial charge in [0, 0.05) is 13.1 Å². The number of ether oxygens (including phenoxy) is 1. The molecule has 0 radical (unpaired) electrons. The number of nitrogens with zero attached hydrogens (tertiary/aromatic N) is 6. The molecule has 0 spiro atoms. The minimum Gasteiger partial charge on any atom is -0.449 e. The Labute approximate surface area is 207 Å². The Morgan fingerprint density at radius 2 is 1.97 bits per heavy atom. The number of benzene rings is 1. The van der Waals surface area contributed by atoms with Crippen molar-refractivity contribution in [3.05, 3.63) is 53.0 Å². The predicted octanol–water partition coefficient (Wildman–Crippen LogP) is 2.17. The van der Waals surface area contributed by atoms with E-state index >= 15 is 0 Å². The molecule has 2 aromatic heterocycles. The molecule has 0 bridgehead atoms. The van der Waals surface area contributed by atoms with Gasteiger partial charge >= 0.3 is 6.09 Å². The van der Waals surface area contributed by atoms with Crippen LogP contribution in [0, 0.1) is 5.82 Å². The molecule has 2 atom stereocenters. The molecule has 4 heterocycles. The number of hydrogen-bond acceptors (Lipinski definition) is 7. The number of aliphatic hydroxyl groups is 1. The molecule has 2 saturated heterocycles. The highest BCUT2D eigenvalue weighted by Gasteiger charge is 2.47. The summed E-state index contributed by atoms with van der Waals surface area (Å²) in [6, 6.07) is 5.45. The second kappa shape index (κ2) is 9.98. The van der Waals surface area contributed by atoms with Crippen molar-refractivity contribution in [2.24, 2.45) is 0 Å². The van der Waals surface area contributed by atoms with E-state index in [1.807, 2.05) is 6.92 Å². The number of aromatic nitrogens is 4. The van der Waals surface area contributed by atoms with E-state index in [4.69, 9.17) is 4.74 Å². The van der Waals surface area contributed by atoms with Gasteiger partial charge < -0.3 is 14.7 Å². The van der Waals surface area contributed by atoms with Gasteiger partial charge in [0.2, 0.25) is 0 Å². The summed E-state index contributed by atoms with van der Waals surface area (Å²) in [4.78, 5) is 34.2. The third-order valence-electron chi connectivity index (χ3n) is 7.17. The minimum atomic E-state index is -1.22. The molecule has 3 aromatic rings. The van der Waals surface area contributed by atoms with Crippen molar-refractivity contribution < 1.29 is 19.0 Å². The van der Waals surface area contributed by atoms with Gasteiger partial charge in [-0.15, -0.1) is 0 Å². The standard InChI is InChI=1S/C25H31FN6O4/c1-2-13-36-24(34)30-12-9-25(35,21(15-30)29-10-3-4-11-29)16-31-17-27-22-20(23(31)33)14-28-32(22)19-7-5-18(26)6-8-19/h5-8,14,17,21,35H,2-4,9-13,15-16H2,1H3. The molecule has 1 amide bonds. The predicted molar refractivity (Wildman–Crippen MR) is 130 cm³/mol. The van der Waals surface area contributed by atoms with Gasteiger partial charge in [-0.25, -0.2) is 18.9 Å². The van der Waals surface area contributed by atoms with E-state index in [-0.39, 0.29) is 30.1 Å². The highest BCUT2D eigenvalue weighted by atomic mass is 19.1. The first-order valence-electron chi connectivity index (χ1n) is 12.5. The molecule has 2 aliphatic heterocycles. The smallest absolute Gasteiger partial charge is 0.409 e. The normalized spacial score (nSPS) is 22.9. The first-order valence-corrected chi connectivity index (χ1v) is 12.5. The third kappa shape index (κ3) is 4.60. The second-order valence-electron chi connectivity index (χ2n) is 9.62. The van der Waals surface area contributed by atoms with E-state index in [2.05, 4.69) is 15.0 Å². The van der Waals surface area contributed by atoms with Crippen molar-refractivity contribution in [2.45, 2.75) is 50.8 Å². The summed E-state index contributed by atoms with van der Waals surface area (Å²) in [7, 11) is 0. The van der Waals surface area contributed by atoms with Crippen LogP contribution in [0.25, 0.3) is 16.7 Å². The van der Waals surface area contributed by atoms with Crippen LogP contribution in [0.3, 0.4) is 0 Å². The lowest BCUT2D eigenvalue weighted by molar-refractivity contribution is -0.0952. The number of halogens is 1. The van der Waals surface area contributed by atoms with Crippen LogP contribution in [0.4, 0.5) is 9.18 Å². The molecule has 36 heavy (non-hydrogen) atoms. The van der Waals surface area contributed by atoms with Gasteiger partial charge in [-0.2, -0.15) is 5.10 Å². The first kappa shape index (κ1) is 24.4. The van der Waals surface area contributed by atoms with Crippen LogP contribution >= 0.6 is 0 Å². The zero-order chi connectivity index (χ0) is 25.3. The average Bonchev–Trinajstić information content (AvgIpc) is 3.56. The lowest BCUT2D eigenvalue weighted by atomic mass is 9.85. The number of rotatable bonds is 6. The van der Waals surface area contributed by atoms with Crippen LogP contribution in [0.5, 0.6) is 0 Å². The summed E-state index contributed by atoms with van der Waals surface area (Å²) in [6.45, 7) is 4.71. The average molecular weight is 499 g/mol. The summed E-state index contributed by atoms with van der Waals surface area (Å²) < 4.78 is 21.6. The van der Waals surface area contributed by atoms with Crippen molar-refractivity contribution in [3.8, 4) is 5.69 Å². The Hall–Kier alpha value is -3.31. The molecule has 1 N–H and O–H groups in total. The number of amides is 1. The maximum absolute atomic E-state index is 13.4. The number of carbonyl (C=O) groups excluding carboxylic acids is 1. The van der Waals surface area contributed by atoms with Gasteiger partial charge in [-0.05, 0) is 63.0 Å². The van der Waals surface area contributed by atoms with Crippen molar-refractivity contribution in [1.82, 2.24) is 29.1 Å². The van der Waals surface area contributed by atoms with Gasteiger partial charge in [-0.1, -0.05) is 6.92 Å². The summed E-state index contributed by atoms with van der Waals surface area (Å²) in [5, 5.41) is 16.5. The summed E-state index contributed by atoms with van der Waals surface area (Å²) in [5.41, 5.74) is -0.588. The fourth-order valence-electron chi connectivity index (χ4n) is 5.23. The molecule has 0 saturated carbocycles. The quantitative estimate of drug-likeness (QED) is 0.555. The highest BCUT2D eigenvalue weighted by molar-refractivity contribution is 5.74. The van der Waals surface area contributed by atoms with Crippen LogP contribution in [-0.2, 0) is 11.3 Å². The largest absolute Gasteiger partial charge is 0.449 e. The van der Waals surface area contributed by atoms with Crippen LogP contribution in [0.1, 0.15) is 32.6 Å². The number of likely N-dealkylation sites (tertiary alicyclic amines) is 2. The molecule has 11 heteroatoms. The Bertz CT molecular complexity index is 1290. The lowest BCUT2D eigenvalue weighted by Crippen LogP contribution is -2.64. The zero-order valence-corrected chi connectivity index (χ0v) is 20.3. The van der Waals surface area contributed by atoms with Crippen LogP contribution in [0.2, 0.25) is 0 Å². The molecule has 2 unspecified atom stereocenters. The molecule has 10 nitrogen and oxygen atoms in total. The number of piperidine rings is 1. The summed E-state index contributed by atoms with van der Waals surface area (Å²) in [6.07, 6.45) is 5.62. The SMILES string of the molecule is CCCOC(=O)N1CCC(O)(Cn2cnc3c(cnn3-c3ccc(F)cc3)c2=O)C(N2CCCC2)C1. The molecule has 1 aromatic carbocycles. The van der Waals surface area contributed by atoms with E-state index in [0.717, 1.165) is 32.4 Å². The van der Waals surface area contributed by atoms with Crippen molar-refractivity contribution in [1.29, 1.82) is 0 Å². The Balaban J connectivity index is 1.42. The maximum Gasteiger partial charge on any atom is 0.409 e. The Morgan fingerprint density at radius 1 is 1.22 bits per heavy atom. The lowest BCUT2D eigenvalue weighted by Gasteiger charge is -2.48. The van der Waals surface area contributed by atoms with Gasteiger partial charge in [0.1, 0.15) is 23.1 Å². The molecule has 0 aliphatic carbocycles. The number of carbonyl (C=O) groups is 1. The molecular formula is C25H31FN6O4. The molecule has 2 fully saturated rings. The molecular weight excluding hydrogens is 467 g/mol. The zero-order valence-electron chi connectivity index (χ0n) is 20.3. The van der Waals surface area contributed by atoms with E-state index in [1.54, 1.807) is 17.0 Å². The van der Waals surface area contributed by atoms with Crippen LogP contribution in [0.15, 0.2) is 41.6 Å². The molecule has 192 valence electrons. The monoisotopic (exact) mass is 498 g/mol. The minimum absolute atomic E-state index is 0.0511. The van der Waals surface area contributed by atoms with E-state index in [0.29, 0.717) is 42.8 Å². The molecule has 5 rings (SSSR count). The first-order chi connectivity index (χ1) is 17.4. The van der Waals surface area contributed by atoms with Gasteiger partial charge in [-0.3, -0.25) is 14.3 Å². The molecule has 2 aliphatic rings. The van der Waals surface area contributed by atoms with E-state index in [1.165, 1.54) is 33.9 Å². The van der Waals surface area contributed by atoms with Gasteiger partial charge in [0.25, 0.3) is 5.56 Å². The topological polar surface area (TPSA) is 106 Å². The fraction of sp³-hybridized carbons (Fsp3) is 0.520. The van der Waals surface area contributed by atoms with Crippen molar-refractivity contribution >= 4 is 17.1 Å². The van der Waals surface area contributed by atoms with Gasteiger partial charge in [0.15, 0.2) is 5.65 Å². The van der Waals surface area contributed by atoms with E-state index < -0.39 is 5.60 Å². The Kier molecular flexibility index (Phi) is 6.76. The number of fused-ring (bicyclic) bond motifs is 1. The second-order valence-corrected chi connectivity index (χ2v) is 9.62. The highest BCUT2D eigenvalue weighted by Crippen LogP contribution is 2.31. The van der Waals surface area contributed by atoms with Crippen LogP contribution < -0.4 is 5.56 Å². The van der Waals surface area contributed by atoms with Crippen molar-refractivity contribution in [3.63, 3.8) is 0 Å². The Morgan fingerprint density at radius 3 is 2.69 bits per heavy atom.